The van der Waals surface area contributed by atoms with Gasteiger partial charge in [0.25, 0.3) is 0 Å². The zero-order valence-electron chi connectivity index (χ0n) is 27.7. The summed E-state index contributed by atoms with van der Waals surface area (Å²) < 4.78 is 21.4. The lowest BCUT2D eigenvalue weighted by molar-refractivity contribution is 0.180. The van der Waals surface area contributed by atoms with E-state index in [9.17, 15) is 14.4 Å². The van der Waals surface area contributed by atoms with Crippen LogP contribution in [0.4, 0.5) is 25.6 Å². The van der Waals surface area contributed by atoms with E-state index in [0.29, 0.717) is 26.9 Å². The van der Waals surface area contributed by atoms with Crippen molar-refractivity contribution in [3.8, 4) is 0 Å². The van der Waals surface area contributed by atoms with Gasteiger partial charge in [-0.25, -0.2) is 9.18 Å². The highest BCUT2D eigenvalue weighted by Gasteiger charge is 2.45. The molecule has 7 rings (SSSR count). The fourth-order valence-electron chi connectivity index (χ4n) is 6.81. The maximum atomic E-state index is 15.6. The van der Waals surface area contributed by atoms with Crippen molar-refractivity contribution >= 4 is 71.5 Å². The van der Waals surface area contributed by atoms with Crippen LogP contribution in [0.3, 0.4) is 0 Å². The molecule has 0 radical (unpaired) electrons. The molecule has 6 nitrogen and oxygen atoms in total. The number of halogens is 1. The summed E-state index contributed by atoms with van der Waals surface area (Å²) in [5.74, 6) is 0. The summed E-state index contributed by atoms with van der Waals surface area (Å²) >= 11 is 1.42. The molecule has 0 fully saturated rings. The Hall–Kier alpha value is -5.08. The molecule has 1 aliphatic rings. The van der Waals surface area contributed by atoms with E-state index in [1.54, 1.807) is 31.3 Å². The molecule has 242 valence electrons. The molecule has 1 unspecified atom stereocenters. The molecule has 0 N–H and O–H groups in total. The van der Waals surface area contributed by atoms with E-state index in [4.69, 9.17) is 4.74 Å². The van der Waals surface area contributed by atoms with Crippen molar-refractivity contribution in [3.05, 3.63) is 127 Å². The number of nitrogens with zero attached hydrogens (tertiary/aromatic N) is 2. The fraction of sp³-hybridized carbons (Fsp3) is 0.225. The van der Waals surface area contributed by atoms with E-state index in [1.807, 2.05) is 66.4 Å². The molecule has 1 aliphatic heterocycles. The van der Waals surface area contributed by atoms with Gasteiger partial charge in [-0.3, -0.25) is 14.5 Å². The Kier molecular flexibility index (Phi) is 7.40. The smallest absolute Gasteiger partial charge is 0.414 e. The summed E-state index contributed by atoms with van der Waals surface area (Å²) in [6.07, 6.45) is 2.82. The number of anilines is 3. The Bertz CT molecular complexity index is 2400. The highest BCUT2D eigenvalue weighted by Crippen LogP contribution is 2.54. The number of benzene rings is 5. The Balaban J connectivity index is 1.48. The van der Waals surface area contributed by atoms with Crippen LogP contribution in [0.5, 0.6) is 0 Å². The third-order valence-electron chi connectivity index (χ3n) is 9.59. The first-order valence-corrected chi connectivity index (χ1v) is 16.6. The van der Waals surface area contributed by atoms with Crippen LogP contribution < -0.4 is 25.9 Å². The number of carbonyl (C=O) groups is 1. The fourth-order valence-corrected chi connectivity index (χ4v) is 7.84. The second-order valence-corrected chi connectivity index (χ2v) is 14.7. The molecule has 2 heterocycles. The van der Waals surface area contributed by atoms with Crippen LogP contribution in [0.15, 0.2) is 100 Å². The van der Waals surface area contributed by atoms with Crippen LogP contribution in [0, 0.1) is 0 Å². The van der Waals surface area contributed by atoms with Gasteiger partial charge >= 0.3 is 6.09 Å². The van der Waals surface area contributed by atoms with E-state index in [-0.39, 0.29) is 21.5 Å². The van der Waals surface area contributed by atoms with Gasteiger partial charge in [0, 0.05) is 39.3 Å². The van der Waals surface area contributed by atoms with Crippen molar-refractivity contribution in [2.75, 3.05) is 30.6 Å². The lowest BCUT2D eigenvalue weighted by atomic mass is 9.82. The summed E-state index contributed by atoms with van der Waals surface area (Å²) in [7, 11) is 2.99. The Morgan fingerprint density at radius 1 is 0.938 bits per heavy atom. The molecule has 0 aliphatic carbocycles. The van der Waals surface area contributed by atoms with Gasteiger partial charge in [0.2, 0.25) is 0 Å². The summed E-state index contributed by atoms with van der Waals surface area (Å²) in [6.45, 7) is 7.58. The molecule has 0 spiro atoms. The molecule has 1 atom stereocenters. The minimum Gasteiger partial charge on any atom is -0.452 e. The number of allylic oxidation sites excluding steroid dienone is 2. The van der Waals surface area contributed by atoms with Crippen molar-refractivity contribution in [2.24, 2.45) is 0 Å². The van der Waals surface area contributed by atoms with Gasteiger partial charge in [0.05, 0.1) is 23.4 Å². The molecule has 0 saturated carbocycles. The maximum Gasteiger partial charge on any atom is 0.414 e. The van der Waals surface area contributed by atoms with E-state index in [1.165, 1.54) is 23.3 Å². The van der Waals surface area contributed by atoms with Crippen LogP contribution in [0.25, 0.3) is 37.7 Å². The lowest BCUT2D eigenvalue weighted by Gasteiger charge is -2.28. The van der Waals surface area contributed by atoms with Gasteiger partial charge in [-0.15, -0.1) is 11.3 Å². The SMILES string of the molecule is COC(=O)N(C)c1cc2cc3c(cc2s1)C(C)(CF)/C(=C\C=c1c(=O)c2cccc4cccc(c1=O)c42)N3c1ccc(C(C)(C)C)cc1. The molecular formula is C40H35FN2O4S. The highest BCUT2D eigenvalue weighted by atomic mass is 32.1. The zero-order chi connectivity index (χ0) is 34.1. The molecule has 0 bridgehead atoms. The number of thiophene rings is 1. The minimum absolute atomic E-state index is 0.0466. The average Bonchev–Trinajstić information content (AvgIpc) is 3.61. The predicted octanol–water partition coefficient (Wildman–Crippen LogP) is 8.33. The normalized spacial score (nSPS) is 17.1. The second kappa shape index (κ2) is 11.3. The van der Waals surface area contributed by atoms with Crippen molar-refractivity contribution in [1.29, 1.82) is 0 Å². The Morgan fingerprint density at radius 3 is 2.17 bits per heavy atom. The quantitative estimate of drug-likeness (QED) is 0.191. The number of rotatable bonds is 4. The second-order valence-electron chi connectivity index (χ2n) is 13.6. The molecule has 6 aromatic rings. The van der Waals surface area contributed by atoms with Crippen molar-refractivity contribution in [3.63, 3.8) is 0 Å². The van der Waals surface area contributed by atoms with Gasteiger partial charge < -0.3 is 9.64 Å². The number of hydrogen-bond acceptors (Lipinski definition) is 6. The van der Waals surface area contributed by atoms with Crippen molar-refractivity contribution in [2.45, 2.75) is 38.5 Å². The number of fused-ring (bicyclic) bond motifs is 2. The number of alkyl halides is 1. The van der Waals surface area contributed by atoms with Gasteiger partial charge in [0.1, 0.15) is 11.7 Å². The first-order chi connectivity index (χ1) is 22.9. The molecule has 1 aromatic heterocycles. The van der Waals surface area contributed by atoms with E-state index >= 15 is 4.39 Å². The van der Waals surface area contributed by atoms with Gasteiger partial charge in [-0.2, -0.15) is 0 Å². The number of methoxy groups -OCH3 is 1. The monoisotopic (exact) mass is 658 g/mol. The molecule has 8 heteroatoms. The molecule has 48 heavy (non-hydrogen) atoms. The number of hydrogen-bond donors (Lipinski definition) is 0. The Morgan fingerprint density at radius 2 is 1.58 bits per heavy atom. The van der Waals surface area contributed by atoms with Gasteiger partial charge in [-0.1, -0.05) is 69.3 Å². The highest BCUT2D eigenvalue weighted by molar-refractivity contribution is 7.23. The predicted molar refractivity (Wildman–Crippen MR) is 196 cm³/mol. The summed E-state index contributed by atoms with van der Waals surface area (Å²) in [4.78, 5) is 43.3. The third kappa shape index (κ3) is 4.77. The lowest BCUT2D eigenvalue weighted by Crippen LogP contribution is -2.38. The van der Waals surface area contributed by atoms with Crippen LogP contribution >= 0.6 is 11.3 Å². The first-order valence-electron chi connectivity index (χ1n) is 15.8. The van der Waals surface area contributed by atoms with Crippen molar-refractivity contribution in [1.82, 2.24) is 0 Å². The molecular weight excluding hydrogens is 624 g/mol. The van der Waals surface area contributed by atoms with E-state index in [2.05, 4.69) is 32.9 Å². The average molecular weight is 659 g/mol. The number of carbonyl (C=O) groups excluding carboxylic acids is 1. The minimum atomic E-state index is -1.11. The Labute approximate surface area is 281 Å². The molecule has 0 saturated heterocycles. The van der Waals surface area contributed by atoms with Crippen LogP contribution in [-0.2, 0) is 15.6 Å². The summed E-state index contributed by atoms with van der Waals surface area (Å²) in [5, 5.41) is 4.12. The van der Waals surface area contributed by atoms with E-state index in [0.717, 1.165) is 38.0 Å². The largest absolute Gasteiger partial charge is 0.452 e. The zero-order valence-corrected chi connectivity index (χ0v) is 28.5. The van der Waals surface area contributed by atoms with Gasteiger partial charge in [0.15, 0.2) is 10.9 Å². The van der Waals surface area contributed by atoms with Crippen LogP contribution in [0.2, 0.25) is 0 Å². The first kappa shape index (κ1) is 31.5. The maximum absolute atomic E-state index is 15.6. The van der Waals surface area contributed by atoms with Crippen LogP contribution in [-0.4, -0.2) is 26.9 Å². The van der Waals surface area contributed by atoms with Crippen LogP contribution in [0.1, 0.15) is 38.8 Å². The number of amides is 1. The number of ether oxygens (including phenoxy) is 1. The van der Waals surface area contributed by atoms with E-state index < -0.39 is 18.2 Å². The third-order valence-corrected chi connectivity index (χ3v) is 10.8. The summed E-state index contributed by atoms with van der Waals surface area (Å²) in [6, 6.07) is 25.1. The van der Waals surface area contributed by atoms with Gasteiger partial charge in [-0.05, 0) is 76.7 Å². The van der Waals surface area contributed by atoms with Crippen molar-refractivity contribution < 1.29 is 13.9 Å². The summed E-state index contributed by atoms with van der Waals surface area (Å²) in [5.41, 5.74) is 2.28. The molecule has 5 aromatic carbocycles. The molecule has 1 amide bonds. The topological polar surface area (TPSA) is 66.9 Å². The standard InChI is InChI=1S/C40H35FN2O4S/c1-39(2,3)25-13-15-26(16-14-25)43-31-19-24-20-34(42(5)38(46)47-6)48-32(24)21-30(31)40(4,22-41)33(43)18-17-29-36(44)27-11-7-9-23-10-8-12-28(35(23)27)37(29)45/h7-21H,22H2,1-6H3/b33-18+.